The Bertz CT molecular complexity index is 5120. The SMILES string of the molecule is Brc1cnc(Br)c2n[nH]nc12.C.C.C.C.C.CCn1nc2c(Br)c[nH]c(=O)c2n1.CCn1nc2c(Br)cnc(OC)c2n1.CCn1nnc2c(Br)cnc(OC)c21.CCn1nnc2c(OC)ncc(Br)c21.COc1ncc(Br)c2n[nH]nc12.C[O-].Nc1c(Br)cnc(Br)c1N.OB(O)c1ccc(OC(F)(F)F)cc1.[Na+]. The first-order valence-corrected chi connectivity index (χ1v) is 36.0. The average molecular weight is 2130 g/mol. The van der Waals surface area contributed by atoms with Crippen molar-refractivity contribution in [3.8, 4) is 29.3 Å². The minimum Gasteiger partial charge on any atom is -0.857 e. The van der Waals surface area contributed by atoms with Crippen LogP contribution in [-0.4, -0.2) is 185 Å². The standard InChI is InChI=1S/3C8H9BrN4O.C7H6BF3O3.C7H7BrN4O.C6H5BrN4O.C5H2Br2N4.C5H5Br2N3.CH3O.5CH4.Na/c1-3-13-7-5(9)4-10-8(14-2)6(7)11-12-13;1-3-13-7-6(11-12-13)5(9)4-10-8(7)14-2;1-3-13-11-6-5(9)4-10-8(14-2)7(6)12-13;9-7(10,11)14-6-3-1-5(2-4-6)8(12)13;1-2-12-10-5-4(8)3-9-7(13)6(5)11-12;1-12-6-5-4(9-11-10-5)3(7)2-8-6;6-2-1-8-5(7)4-3(2)9-11-10-4;6-2-1-10-5(7)4(9)3(2)8;1-2;;;;;;/h3*4H,3H2,1-2H3;1-4,12-13H;3H,2H2,1H3,(H,9,13);2H,1H3,(H,9,10,11);1H,(H,9,10,11);1H,9H2,(H2,8,10);1H3;5*1H4;/q;;;;;;;;-1;;;;;;+1. The largest absolute Gasteiger partial charge is 1.00 e. The first-order valence-electron chi connectivity index (χ1n) is 28.9. The quantitative estimate of drug-likeness (QED) is 0.0494. The van der Waals surface area contributed by atoms with Crippen LogP contribution in [0.15, 0.2) is 113 Å². The zero-order valence-electron chi connectivity index (χ0n) is 56.0. The molecule has 110 heavy (non-hydrogen) atoms. The molecule has 592 valence electrons. The van der Waals surface area contributed by atoms with Gasteiger partial charge in [0.15, 0.2) is 27.6 Å². The van der Waals surface area contributed by atoms with E-state index in [0.29, 0.717) is 82.7 Å². The van der Waals surface area contributed by atoms with Gasteiger partial charge in [-0.05, 0) is 189 Å². The molecule has 36 nitrogen and oxygen atoms in total. The summed E-state index contributed by atoms with van der Waals surface area (Å²) in [5.41, 5.74) is 20.4. The van der Waals surface area contributed by atoms with Gasteiger partial charge in [0.05, 0.1) is 84.2 Å². The molecule has 0 unspecified atom stereocenters. The van der Waals surface area contributed by atoms with Crippen LogP contribution in [0.5, 0.6) is 29.3 Å². The van der Waals surface area contributed by atoms with E-state index in [0.717, 1.165) is 116 Å². The number of anilines is 2. The van der Waals surface area contributed by atoms with Crippen molar-refractivity contribution in [1.82, 2.24) is 126 Å². The number of alkyl halides is 3. The number of H-pyrrole nitrogens is 3. The molecule has 1 aromatic carbocycles. The van der Waals surface area contributed by atoms with E-state index in [1.54, 1.807) is 86.0 Å². The van der Waals surface area contributed by atoms with E-state index in [1.165, 1.54) is 4.80 Å². The smallest absolute Gasteiger partial charge is 0.857 e. The second-order valence-corrected chi connectivity index (χ2v) is 26.4. The van der Waals surface area contributed by atoms with Gasteiger partial charge in [0, 0.05) is 56.5 Å². The number of aryl methyl sites for hydroxylation is 4. The monoisotopic (exact) mass is 2120 g/mol. The van der Waals surface area contributed by atoms with Crippen LogP contribution in [0.3, 0.4) is 0 Å². The molecule has 0 aliphatic carbocycles. The number of aromatic nitrogens is 25. The Morgan fingerprint density at radius 1 is 0.473 bits per heavy atom. The Morgan fingerprint density at radius 3 is 1.34 bits per heavy atom. The first kappa shape index (κ1) is 103. The number of nitrogens with one attached hydrogen (secondary N) is 3. The van der Waals surface area contributed by atoms with Gasteiger partial charge in [0.1, 0.15) is 53.6 Å². The van der Waals surface area contributed by atoms with Gasteiger partial charge in [0.25, 0.3) is 5.56 Å². The fraction of sp³-hybridized carbons (Fsp3) is 0.317. The van der Waals surface area contributed by atoms with Crippen molar-refractivity contribution in [2.75, 3.05) is 47.0 Å². The van der Waals surface area contributed by atoms with E-state index in [2.05, 4.69) is 255 Å². The van der Waals surface area contributed by atoms with Gasteiger partial charge in [-0.25, -0.2) is 39.3 Å². The maximum absolute atomic E-state index is 11.7. The number of nitrogen functional groups attached to an aromatic ring is 2. The summed E-state index contributed by atoms with van der Waals surface area (Å²) in [7, 11) is 5.32. The minimum atomic E-state index is -4.74. The molecular formula is C60H75BBr9F3N27NaO9. The number of rotatable bonds is 10. The molecule has 13 aromatic heterocycles. The topological polar surface area (TPSA) is 478 Å². The maximum atomic E-state index is 11.7. The molecule has 0 fully saturated rings. The fourth-order valence-electron chi connectivity index (χ4n) is 7.89. The summed E-state index contributed by atoms with van der Waals surface area (Å²) in [6.45, 7) is 10.8. The first-order chi connectivity index (χ1) is 49.6. The third-order valence-corrected chi connectivity index (χ3v) is 18.0. The molecule has 0 saturated carbocycles. The molecule has 50 heteroatoms. The summed E-state index contributed by atoms with van der Waals surface area (Å²) in [6.07, 6.45) is 6.75. The average Bonchev–Trinajstić information content (AvgIpc) is 1.66. The van der Waals surface area contributed by atoms with E-state index >= 15 is 0 Å². The van der Waals surface area contributed by atoms with E-state index < -0.39 is 19.2 Å². The number of ether oxygens (including phenoxy) is 5. The van der Waals surface area contributed by atoms with Crippen LogP contribution in [0.1, 0.15) is 64.8 Å². The maximum Gasteiger partial charge on any atom is 1.00 e. The van der Waals surface area contributed by atoms with Crippen LogP contribution in [0.2, 0.25) is 0 Å². The summed E-state index contributed by atoms with van der Waals surface area (Å²) in [5, 5.41) is 78.9. The van der Waals surface area contributed by atoms with Crippen molar-refractivity contribution in [3.05, 3.63) is 119 Å². The Hall–Kier alpha value is -6.88. The Kier molecular flexibility index (Phi) is 46.5. The molecule has 0 radical (unpaired) electrons. The molecule has 0 atom stereocenters. The predicted molar refractivity (Wildman–Crippen MR) is 441 cm³/mol. The Labute approximate surface area is 725 Å². The zero-order chi connectivity index (χ0) is 76.7. The molecule has 0 bridgehead atoms. The number of nitrogens with two attached hydrogens (primary N) is 2. The number of benzene rings is 1. The van der Waals surface area contributed by atoms with Gasteiger partial charge in [-0.15, -0.1) is 33.6 Å². The Morgan fingerprint density at radius 2 is 0.864 bits per heavy atom. The zero-order valence-corrected chi connectivity index (χ0v) is 72.3. The number of nitrogens with zero attached hydrogens (tertiary/aromatic N) is 22. The van der Waals surface area contributed by atoms with Crippen molar-refractivity contribution < 1.29 is 81.6 Å². The summed E-state index contributed by atoms with van der Waals surface area (Å²) in [6, 6.07) is 4.27. The molecular weight excluding hydrogens is 2050 g/mol. The number of methoxy groups -OCH3 is 4. The van der Waals surface area contributed by atoms with Gasteiger partial charge in [0.2, 0.25) is 23.5 Å². The molecule has 13 heterocycles. The molecule has 0 spiro atoms. The number of hydrogen-bond donors (Lipinski definition) is 7. The van der Waals surface area contributed by atoms with Crippen LogP contribution in [0.4, 0.5) is 24.5 Å². The Balaban J connectivity index is 0.00000122. The van der Waals surface area contributed by atoms with E-state index in [9.17, 15) is 18.0 Å². The van der Waals surface area contributed by atoms with Crippen LogP contribution in [-0.2, 0) is 26.2 Å². The van der Waals surface area contributed by atoms with E-state index in [1.807, 2.05) is 27.7 Å². The number of aromatic amines is 3. The van der Waals surface area contributed by atoms with E-state index in [4.69, 9.17) is 45.6 Å². The molecule has 0 aliphatic heterocycles. The predicted octanol–water partition coefficient (Wildman–Crippen LogP) is 9.95. The second-order valence-electron chi connectivity index (χ2n) is 19.0. The third kappa shape index (κ3) is 27.2. The summed E-state index contributed by atoms with van der Waals surface area (Å²) in [5.74, 6) is 1.63. The van der Waals surface area contributed by atoms with Crippen molar-refractivity contribution in [3.63, 3.8) is 0 Å². The van der Waals surface area contributed by atoms with Gasteiger partial charge in [-0.1, -0.05) is 59.7 Å². The molecule has 0 aliphatic rings. The van der Waals surface area contributed by atoms with Gasteiger partial charge < -0.3 is 55.3 Å². The number of hydrogen-bond acceptors (Lipinski definition) is 29. The van der Waals surface area contributed by atoms with Crippen molar-refractivity contribution >= 4 is 234 Å². The van der Waals surface area contributed by atoms with Gasteiger partial charge >= 0.3 is 43.0 Å². The second kappa shape index (κ2) is 49.6. The van der Waals surface area contributed by atoms with Crippen LogP contribution in [0, 0.1) is 0 Å². The summed E-state index contributed by atoms with van der Waals surface area (Å²) >= 11 is 29.6. The van der Waals surface area contributed by atoms with Crippen LogP contribution in [0.25, 0.3) is 66.2 Å². The molecule has 14 aromatic rings. The summed E-state index contributed by atoms with van der Waals surface area (Å²) < 4.78 is 69.4. The third-order valence-electron chi connectivity index (χ3n) is 12.7. The molecule has 9 N–H and O–H groups in total. The minimum absolute atomic E-state index is 0. The van der Waals surface area contributed by atoms with Crippen molar-refractivity contribution in [2.24, 2.45) is 0 Å². The fourth-order valence-corrected chi connectivity index (χ4v) is 11.3. The number of fused-ring (bicyclic) bond motifs is 6. The van der Waals surface area contributed by atoms with Crippen molar-refractivity contribution in [1.29, 1.82) is 0 Å². The van der Waals surface area contributed by atoms with Crippen LogP contribution < -0.4 is 80.8 Å². The number of pyridine rings is 7. The van der Waals surface area contributed by atoms with Crippen molar-refractivity contribution in [2.45, 2.75) is 97.4 Å². The molecule has 14 rings (SSSR count). The number of halogens is 12. The van der Waals surface area contributed by atoms with Gasteiger partial charge in [-0.3, -0.25) is 4.79 Å². The van der Waals surface area contributed by atoms with Crippen LogP contribution >= 0.6 is 143 Å². The van der Waals surface area contributed by atoms with Gasteiger partial charge in [-0.2, -0.15) is 57.7 Å². The molecule has 0 saturated heterocycles. The molecule has 0 amide bonds. The van der Waals surface area contributed by atoms with E-state index in [-0.39, 0.29) is 77.7 Å². The summed E-state index contributed by atoms with van der Waals surface area (Å²) in [4.78, 5) is 41.2. The normalized spacial score (nSPS) is 10.0.